The first-order chi connectivity index (χ1) is 16.3. The topological polar surface area (TPSA) is 56.8 Å². The molecule has 0 aliphatic rings. The van der Waals surface area contributed by atoms with Crippen molar-refractivity contribution in [2.75, 3.05) is 18.5 Å². The molecule has 0 spiro atoms. The van der Waals surface area contributed by atoms with E-state index in [1.165, 1.54) is 0 Å². The average molecular weight is 440 g/mol. The van der Waals surface area contributed by atoms with Gasteiger partial charge in [-0.1, -0.05) is 54.6 Å². The summed E-state index contributed by atoms with van der Waals surface area (Å²) < 4.78 is 17.1. The monoisotopic (exact) mass is 439 g/mol. The molecule has 4 aromatic rings. The Morgan fingerprint density at radius 2 is 1.21 bits per heavy atom. The molecule has 0 radical (unpaired) electrons. The highest BCUT2D eigenvalue weighted by Gasteiger charge is 2.08. The summed E-state index contributed by atoms with van der Waals surface area (Å²) >= 11 is 0. The van der Waals surface area contributed by atoms with Gasteiger partial charge in [0.2, 0.25) is 0 Å². The lowest BCUT2D eigenvalue weighted by Gasteiger charge is -2.10. The van der Waals surface area contributed by atoms with E-state index in [9.17, 15) is 4.79 Å². The molecule has 0 unspecified atom stereocenters. The van der Waals surface area contributed by atoms with Crippen LogP contribution < -0.4 is 19.5 Å². The fraction of sp³-hybridized carbons (Fsp3) is 0.107. The second-order valence-corrected chi connectivity index (χ2v) is 7.29. The molecule has 0 aliphatic heterocycles. The lowest BCUT2D eigenvalue weighted by atomic mass is 10.2. The molecule has 0 bridgehead atoms. The second kappa shape index (κ2) is 11.4. The first-order valence-electron chi connectivity index (χ1n) is 10.8. The van der Waals surface area contributed by atoms with Gasteiger partial charge in [0.25, 0.3) is 5.91 Å². The summed E-state index contributed by atoms with van der Waals surface area (Å²) in [6, 6.07) is 33.9. The fourth-order valence-electron chi connectivity index (χ4n) is 3.14. The maximum atomic E-state index is 12.7. The van der Waals surface area contributed by atoms with Gasteiger partial charge in [-0.2, -0.15) is 0 Å². The minimum absolute atomic E-state index is 0.204. The van der Waals surface area contributed by atoms with Crippen LogP contribution in [-0.2, 0) is 6.61 Å². The Morgan fingerprint density at radius 1 is 0.606 bits per heavy atom. The standard InChI is InChI=1S/C28H25NO4/c30-28(23-10-7-13-27(20-23)33-21-22-8-3-1-4-9-22)29-24-14-16-26(17-15-24)32-19-18-31-25-11-5-2-6-12-25/h1-17,20H,18-19,21H2,(H,29,30). The maximum Gasteiger partial charge on any atom is 0.255 e. The van der Waals surface area contributed by atoms with E-state index in [4.69, 9.17) is 14.2 Å². The van der Waals surface area contributed by atoms with E-state index in [1.807, 2.05) is 84.9 Å². The lowest BCUT2D eigenvalue weighted by Crippen LogP contribution is -2.12. The van der Waals surface area contributed by atoms with Gasteiger partial charge in [0.1, 0.15) is 37.1 Å². The Balaban J connectivity index is 1.25. The van der Waals surface area contributed by atoms with Crippen LogP contribution in [0.25, 0.3) is 0 Å². The molecule has 4 aromatic carbocycles. The number of rotatable bonds is 10. The van der Waals surface area contributed by atoms with Crippen LogP contribution in [0.4, 0.5) is 5.69 Å². The number of hydrogen-bond donors (Lipinski definition) is 1. The molecular weight excluding hydrogens is 414 g/mol. The van der Waals surface area contributed by atoms with Gasteiger partial charge in [-0.25, -0.2) is 0 Å². The highest BCUT2D eigenvalue weighted by Crippen LogP contribution is 2.19. The van der Waals surface area contributed by atoms with E-state index in [0.717, 1.165) is 11.3 Å². The van der Waals surface area contributed by atoms with Gasteiger partial charge in [-0.3, -0.25) is 4.79 Å². The van der Waals surface area contributed by atoms with Crippen LogP contribution >= 0.6 is 0 Å². The Morgan fingerprint density at radius 3 is 1.91 bits per heavy atom. The van der Waals surface area contributed by atoms with E-state index in [1.54, 1.807) is 24.3 Å². The normalized spacial score (nSPS) is 10.3. The van der Waals surface area contributed by atoms with Gasteiger partial charge in [0.05, 0.1) is 0 Å². The minimum atomic E-state index is -0.204. The van der Waals surface area contributed by atoms with Gasteiger partial charge < -0.3 is 19.5 Å². The van der Waals surface area contributed by atoms with Crippen molar-refractivity contribution in [2.24, 2.45) is 0 Å². The number of hydrogen-bond acceptors (Lipinski definition) is 4. The van der Waals surface area contributed by atoms with Crippen molar-refractivity contribution in [1.29, 1.82) is 0 Å². The van der Waals surface area contributed by atoms with Crippen molar-refractivity contribution in [2.45, 2.75) is 6.61 Å². The summed E-state index contributed by atoms with van der Waals surface area (Å²) in [5.41, 5.74) is 2.28. The number of benzene rings is 4. The fourth-order valence-corrected chi connectivity index (χ4v) is 3.14. The predicted octanol–water partition coefficient (Wildman–Crippen LogP) is 5.98. The van der Waals surface area contributed by atoms with Crippen LogP contribution in [0.2, 0.25) is 0 Å². The van der Waals surface area contributed by atoms with Crippen molar-refractivity contribution in [3.8, 4) is 17.2 Å². The van der Waals surface area contributed by atoms with Crippen LogP contribution in [0.3, 0.4) is 0 Å². The van der Waals surface area contributed by atoms with Gasteiger partial charge >= 0.3 is 0 Å². The molecular formula is C28H25NO4. The zero-order valence-corrected chi connectivity index (χ0v) is 18.1. The number of carbonyl (C=O) groups is 1. The molecule has 0 aliphatic carbocycles. The van der Waals surface area contributed by atoms with E-state index in [2.05, 4.69) is 5.32 Å². The number of para-hydroxylation sites is 1. The van der Waals surface area contributed by atoms with Gasteiger partial charge in [0, 0.05) is 11.3 Å². The molecule has 1 amide bonds. The molecule has 33 heavy (non-hydrogen) atoms. The number of nitrogens with one attached hydrogen (secondary N) is 1. The molecule has 5 nitrogen and oxygen atoms in total. The third-order valence-electron chi connectivity index (χ3n) is 4.82. The van der Waals surface area contributed by atoms with Crippen LogP contribution in [0.15, 0.2) is 109 Å². The molecule has 5 heteroatoms. The molecule has 1 N–H and O–H groups in total. The molecule has 166 valence electrons. The summed E-state index contributed by atoms with van der Waals surface area (Å²) in [7, 11) is 0. The third-order valence-corrected chi connectivity index (χ3v) is 4.82. The summed E-state index contributed by atoms with van der Waals surface area (Å²) in [6.45, 7) is 1.32. The molecule has 0 saturated carbocycles. The first-order valence-corrected chi connectivity index (χ1v) is 10.8. The SMILES string of the molecule is O=C(Nc1ccc(OCCOc2ccccc2)cc1)c1cccc(OCc2ccccc2)c1. The summed E-state index contributed by atoms with van der Waals surface area (Å²) in [6.07, 6.45) is 0. The Bertz CT molecular complexity index is 1150. The number of ether oxygens (including phenoxy) is 3. The van der Waals surface area contributed by atoms with Crippen LogP contribution in [0.1, 0.15) is 15.9 Å². The lowest BCUT2D eigenvalue weighted by molar-refractivity contribution is 0.102. The number of carbonyl (C=O) groups excluding carboxylic acids is 1. The molecule has 0 saturated heterocycles. The number of amides is 1. The van der Waals surface area contributed by atoms with Gasteiger partial charge in [0.15, 0.2) is 0 Å². The van der Waals surface area contributed by atoms with Crippen LogP contribution in [0, 0.1) is 0 Å². The van der Waals surface area contributed by atoms with E-state index < -0.39 is 0 Å². The molecule has 0 atom stereocenters. The summed E-state index contributed by atoms with van der Waals surface area (Å²) in [4.78, 5) is 12.7. The maximum absolute atomic E-state index is 12.7. The highest BCUT2D eigenvalue weighted by molar-refractivity contribution is 6.04. The van der Waals surface area contributed by atoms with Gasteiger partial charge in [-0.05, 0) is 60.2 Å². The zero-order chi connectivity index (χ0) is 22.7. The molecule has 0 fully saturated rings. The minimum Gasteiger partial charge on any atom is -0.490 e. The van der Waals surface area contributed by atoms with Crippen LogP contribution in [-0.4, -0.2) is 19.1 Å². The van der Waals surface area contributed by atoms with Gasteiger partial charge in [-0.15, -0.1) is 0 Å². The second-order valence-electron chi connectivity index (χ2n) is 7.29. The van der Waals surface area contributed by atoms with Crippen molar-refractivity contribution >= 4 is 11.6 Å². The van der Waals surface area contributed by atoms with Crippen molar-refractivity contribution in [1.82, 2.24) is 0 Å². The van der Waals surface area contributed by atoms with E-state index >= 15 is 0 Å². The Kier molecular flexibility index (Phi) is 7.58. The first kappa shape index (κ1) is 22.0. The van der Waals surface area contributed by atoms with E-state index in [0.29, 0.717) is 42.6 Å². The van der Waals surface area contributed by atoms with Crippen molar-refractivity contribution in [3.63, 3.8) is 0 Å². The molecule has 0 aromatic heterocycles. The summed E-state index contributed by atoms with van der Waals surface area (Å²) in [5.74, 6) is 1.97. The smallest absolute Gasteiger partial charge is 0.255 e. The average Bonchev–Trinajstić information content (AvgIpc) is 2.88. The third kappa shape index (κ3) is 6.87. The largest absolute Gasteiger partial charge is 0.490 e. The molecule has 0 heterocycles. The number of anilines is 1. The quantitative estimate of drug-likeness (QED) is 0.309. The Hall–Kier alpha value is -4.25. The van der Waals surface area contributed by atoms with Crippen molar-refractivity contribution < 1.29 is 19.0 Å². The highest BCUT2D eigenvalue weighted by atomic mass is 16.5. The molecule has 4 rings (SSSR count). The Labute approximate surface area is 193 Å². The summed E-state index contributed by atoms with van der Waals surface area (Å²) in [5, 5.41) is 2.90. The van der Waals surface area contributed by atoms with Crippen molar-refractivity contribution in [3.05, 3.63) is 120 Å². The zero-order valence-electron chi connectivity index (χ0n) is 18.1. The van der Waals surface area contributed by atoms with Crippen LogP contribution in [0.5, 0.6) is 17.2 Å². The predicted molar refractivity (Wildman–Crippen MR) is 129 cm³/mol. The van der Waals surface area contributed by atoms with E-state index in [-0.39, 0.29) is 5.91 Å².